The molecular weight excluding hydrogens is 306 g/mol. The van der Waals surface area contributed by atoms with Crippen molar-refractivity contribution in [1.82, 2.24) is 20.4 Å². The lowest BCUT2D eigenvalue weighted by molar-refractivity contribution is 0.139. The van der Waals surface area contributed by atoms with Crippen molar-refractivity contribution in [2.75, 3.05) is 52.9 Å². The molecule has 2 N–H and O–H groups in total. The van der Waals surface area contributed by atoms with E-state index >= 15 is 0 Å². The molecule has 0 saturated carbocycles. The third-order valence-corrected chi connectivity index (χ3v) is 4.96. The Morgan fingerprint density at radius 3 is 2.74 bits per heavy atom. The normalized spacial score (nSPS) is 18.8. The van der Waals surface area contributed by atoms with Gasteiger partial charge in [-0.25, -0.2) is 4.99 Å². The number of hydrogen-bond acceptors (Lipinski definition) is 4. The van der Waals surface area contributed by atoms with Gasteiger partial charge in [0.2, 0.25) is 0 Å². The molecule has 1 saturated heterocycles. The maximum Gasteiger partial charge on any atom is 0.191 e. The predicted octanol–water partition coefficient (Wildman–Crippen LogP) is 1.69. The Labute approximate surface area is 144 Å². The van der Waals surface area contributed by atoms with E-state index in [9.17, 15) is 0 Å². The third kappa shape index (κ3) is 6.89. The van der Waals surface area contributed by atoms with Crippen LogP contribution in [0.3, 0.4) is 0 Å². The van der Waals surface area contributed by atoms with Crippen LogP contribution in [0.15, 0.2) is 22.5 Å². The second-order valence-electron chi connectivity index (χ2n) is 6.36. The largest absolute Gasteiger partial charge is 0.357 e. The smallest absolute Gasteiger partial charge is 0.191 e. The molecule has 1 aliphatic heterocycles. The van der Waals surface area contributed by atoms with Crippen LogP contribution in [0, 0.1) is 5.92 Å². The van der Waals surface area contributed by atoms with Crippen molar-refractivity contribution < 1.29 is 0 Å². The van der Waals surface area contributed by atoms with E-state index in [2.05, 4.69) is 63.8 Å². The molecule has 130 valence electrons. The minimum Gasteiger partial charge on any atom is -0.357 e. The molecule has 1 fully saturated rings. The van der Waals surface area contributed by atoms with E-state index in [1.807, 2.05) is 0 Å². The molecule has 0 radical (unpaired) electrons. The van der Waals surface area contributed by atoms with E-state index in [1.165, 1.54) is 31.1 Å². The van der Waals surface area contributed by atoms with Crippen molar-refractivity contribution in [3.8, 4) is 0 Å². The van der Waals surface area contributed by atoms with E-state index in [0.29, 0.717) is 5.92 Å². The molecular formula is C17H31N5S. The Balaban J connectivity index is 1.73. The second kappa shape index (κ2) is 9.90. The number of guanidine groups is 1. The Morgan fingerprint density at radius 1 is 1.30 bits per heavy atom. The lowest BCUT2D eigenvalue weighted by Crippen LogP contribution is -2.47. The van der Waals surface area contributed by atoms with Crippen LogP contribution >= 0.6 is 11.3 Å². The van der Waals surface area contributed by atoms with E-state index in [0.717, 1.165) is 32.1 Å². The summed E-state index contributed by atoms with van der Waals surface area (Å²) >= 11 is 1.76. The summed E-state index contributed by atoms with van der Waals surface area (Å²) in [7, 11) is 2.20. The minimum atomic E-state index is 0.615. The first kappa shape index (κ1) is 18.2. The number of aliphatic imine (C=N–C) groups is 1. The molecule has 0 aromatic carbocycles. The molecule has 0 bridgehead atoms. The molecule has 1 aromatic heterocycles. The number of nitrogens with zero attached hydrogens (tertiary/aromatic N) is 3. The standard InChI is InChI=1S/C17H31N5S/c1-4-18-17(20-13-16-6-5-11-23-16)19-12-15(2)14-22-9-7-21(3)8-10-22/h5-6,11,15H,4,7-10,12-14H2,1-3H3,(H2,18,19,20). The molecule has 0 spiro atoms. The predicted molar refractivity (Wildman–Crippen MR) is 100 cm³/mol. The first-order valence-corrected chi connectivity index (χ1v) is 9.50. The topological polar surface area (TPSA) is 42.9 Å². The van der Waals surface area contributed by atoms with Gasteiger partial charge in [0.1, 0.15) is 0 Å². The Kier molecular flexibility index (Phi) is 7.85. The number of nitrogens with one attached hydrogen (secondary N) is 2. The zero-order valence-electron chi connectivity index (χ0n) is 14.7. The van der Waals surface area contributed by atoms with Crippen molar-refractivity contribution in [2.45, 2.75) is 20.4 Å². The van der Waals surface area contributed by atoms with Gasteiger partial charge in [-0.05, 0) is 31.3 Å². The zero-order chi connectivity index (χ0) is 16.5. The fraction of sp³-hybridized carbons (Fsp3) is 0.706. The summed E-state index contributed by atoms with van der Waals surface area (Å²) in [6.45, 7) is 12.9. The number of likely N-dealkylation sites (N-methyl/N-ethyl adjacent to an activating group) is 1. The molecule has 1 atom stereocenters. The molecule has 1 aromatic rings. The van der Waals surface area contributed by atoms with E-state index in [1.54, 1.807) is 11.3 Å². The van der Waals surface area contributed by atoms with Crippen molar-refractivity contribution in [3.05, 3.63) is 22.4 Å². The van der Waals surface area contributed by atoms with Gasteiger partial charge in [-0.15, -0.1) is 11.3 Å². The summed E-state index contributed by atoms with van der Waals surface area (Å²) in [5.41, 5.74) is 0. The van der Waals surface area contributed by atoms with Gasteiger partial charge < -0.3 is 20.4 Å². The maximum absolute atomic E-state index is 4.67. The highest BCUT2D eigenvalue weighted by atomic mass is 32.1. The molecule has 1 aliphatic rings. The summed E-state index contributed by atoms with van der Waals surface area (Å²) in [5, 5.41) is 8.92. The number of piperazine rings is 1. The van der Waals surface area contributed by atoms with Crippen LogP contribution in [-0.2, 0) is 6.54 Å². The van der Waals surface area contributed by atoms with Crippen molar-refractivity contribution >= 4 is 17.3 Å². The molecule has 0 amide bonds. The Bertz CT molecular complexity index is 452. The summed E-state index contributed by atoms with van der Waals surface area (Å²) in [6.07, 6.45) is 0. The molecule has 2 rings (SSSR count). The van der Waals surface area contributed by atoms with Gasteiger partial charge in [-0.2, -0.15) is 0 Å². The van der Waals surface area contributed by atoms with Crippen molar-refractivity contribution in [2.24, 2.45) is 10.9 Å². The van der Waals surface area contributed by atoms with E-state index < -0.39 is 0 Å². The van der Waals surface area contributed by atoms with Crippen LogP contribution in [0.1, 0.15) is 18.7 Å². The number of thiophene rings is 1. The third-order valence-electron chi connectivity index (χ3n) is 4.10. The monoisotopic (exact) mass is 337 g/mol. The van der Waals surface area contributed by atoms with Gasteiger partial charge in [0.15, 0.2) is 5.96 Å². The van der Waals surface area contributed by atoms with Crippen LogP contribution in [0.5, 0.6) is 0 Å². The number of rotatable bonds is 7. The number of hydrogen-bond donors (Lipinski definition) is 2. The molecule has 1 unspecified atom stereocenters. The quantitative estimate of drug-likeness (QED) is 0.587. The van der Waals surface area contributed by atoms with Crippen LogP contribution in [0.4, 0.5) is 0 Å². The van der Waals surface area contributed by atoms with Gasteiger partial charge in [0.05, 0.1) is 6.54 Å². The summed E-state index contributed by atoms with van der Waals surface area (Å²) in [6, 6.07) is 4.21. The fourth-order valence-electron chi connectivity index (χ4n) is 2.71. The lowest BCUT2D eigenvalue weighted by Gasteiger charge is -2.34. The summed E-state index contributed by atoms with van der Waals surface area (Å²) in [4.78, 5) is 10.9. The van der Waals surface area contributed by atoms with E-state index in [-0.39, 0.29) is 0 Å². The van der Waals surface area contributed by atoms with Gasteiger partial charge >= 0.3 is 0 Å². The first-order valence-electron chi connectivity index (χ1n) is 8.62. The molecule has 6 heteroatoms. The summed E-state index contributed by atoms with van der Waals surface area (Å²) in [5.74, 6) is 1.54. The van der Waals surface area contributed by atoms with Crippen LogP contribution in [-0.4, -0.2) is 68.6 Å². The lowest BCUT2D eigenvalue weighted by atomic mass is 10.1. The highest BCUT2D eigenvalue weighted by Crippen LogP contribution is 2.09. The van der Waals surface area contributed by atoms with Crippen LogP contribution < -0.4 is 10.6 Å². The highest BCUT2D eigenvalue weighted by molar-refractivity contribution is 7.09. The fourth-order valence-corrected chi connectivity index (χ4v) is 3.34. The average molecular weight is 338 g/mol. The SMILES string of the molecule is CCNC(=NCc1cccs1)NCC(C)CN1CCN(C)CC1. The van der Waals surface area contributed by atoms with Crippen LogP contribution in [0.25, 0.3) is 0 Å². The maximum atomic E-state index is 4.67. The van der Waals surface area contributed by atoms with Crippen molar-refractivity contribution in [3.63, 3.8) is 0 Å². The van der Waals surface area contributed by atoms with Gasteiger partial charge in [0, 0.05) is 50.7 Å². The first-order chi connectivity index (χ1) is 11.2. The second-order valence-corrected chi connectivity index (χ2v) is 7.40. The minimum absolute atomic E-state index is 0.615. The Morgan fingerprint density at radius 2 is 2.09 bits per heavy atom. The van der Waals surface area contributed by atoms with Crippen LogP contribution in [0.2, 0.25) is 0 Å². The average Bonchev–Trinajstić information content (AvgIpc) is 3.06. The van der Waals surface area contributed by atoms with Gasteiger partial charge in [0.25, 0.3) is 0 Å². The van der Waals surface area contributed by atoms with Gasteiger partial charge in [-0.1, -0.05) is 13.0 Å². The molecule has 2 heterocycles. The summed E-state index contributed by atoms with van der Waals surface area (Å²) < 4.78 is 0. The van der Waals surface area contributed by atoms with E-state index in [4.69, 9.17) is 0 Å². The molecule has 5 nitrogen and oxygen atoms in total. The van der Waals surface area contributed by atoms with Gasteiger partial charge in [-0.3, -0.25) is 0 Å². The molecule has 0 aliphatic carbocycles. The van der Waals surface area contributed by atoms with Crippen molar-refractivity contribution in [1.29, 1.82) is 0 Å². The molecule has 23 heavy (non-hydrogen) atoms. The highest BCUT2D eigenvalue weighted by Gasteiger charge is 2.16. The Hall–Kier alpha value is -1.11. The zero-order valence-corrected chi connectivity index (χ0v) is 15.5.